The molecule has 1 N–H and O–H groups in total. The monoisotopic (exact) mass is 433 g/mol. The molecule has 3 amide bonds. The third-order valence-electron chi connectivity index (χ3n) is 6.50. The number of hydrogen-bond acceptors (Lipinski definition) is 4. The molecular formula is C26H31N3O3. The van der Waals surface area contributed by atoms with Gasteiger partial charge in [0.15, 0.2) is 0 Å². The van der Waals surface area contributed by atoms with Crippen molar-refractivity contribution < 1.29 is 14.4 Å². The van der Waals surface area contributed by atoms with Crippen molar-refractivity contribution in [1.29, 1.82) is 0 Å². The number of likely N-dealkylation sites (tertiary alicyclic amines) is 1. The van der Waals surface area contributed by atoms with Gasteiger partial charge in [-0.2, -0.15) is 0 Å². The first-order valence-corrected chi connectivity index (χ1v) is 11.6. The van der Waals surface area contributed by atoms with Crippen molar-refractivity contribution in [3.8, 4) is 0 Å². The molecule has 0 saturated carbocycles. The van der Waals surface area contributed by atoms with Crippen LogP contribution in [0.2, 0.25) is 0 Å². The van der Waals surface area contributed by atoms with Crippen LogP contribution in [0.3, 0.4) is 0 Å². The minimum atomic E-state index is -0.273. The molecule has 0 radical (unpaired) electrons. The van der Waals surface area contributed by atoms with Crippen molar-refractivity contribution >= 4 is 17.7 Å². The number of rotatable bonds is 8. The zero-order valence-corrected chi connectivity index (χ0v) is 18.7. The van der Waals surface area contributed by atoms with Crippen LogP contribution in [0.25, 0.3) is 0 Å². The maximum atomic E-state index is 12.4. The van der Waals surface area contributed by atoms with Crippen molar-refractivity contribution in [2.45, 2.75) is 58.2 Å². The van der Waals surface area contributed by atoms with E-state index >= 15 is 0 Å². The highest BCUT2D eigenvalue weighted by molar-refractivity contribution is 6.21. The molecule has 0 aliphatic carbocycles. The van der Waals surface area contributed by atoms with E-state index in [1.165, 1.54) is 36.3 Å². The zero-order valence-electron chi connectivity index (χ0n) is 18.7. The average Bonchev–Trinajstić information content (AvgIpc) is 3.05. The Hall–Kier alpha value is -2.99. The molecule has 6 heteroatoms. The number of nitrogens with zero attached hydrogens (tertiary/aromatic N) is 2. The molecule has 0 aromatic heterocycles. The summed E-state index contributed by atoms with van der Waals surface area (Å²) in [5.41, 5.74) is 3.25. The SMILES string of the molecule is CC1CCCCN1Cc1ccc(CNC(=O)CCCN2C(=O)c3ccccc3C2=O)cc1. The van der Waals surface area contributed by atoms with E-state index in [0.29, 0.717) is 30.1 Å². The van der Waals surface area contributed by atoms with Gasteiger partial charge in [-0.05, 0) is 56.0 Å². The quantitative estimate of drug-likeness (QED) is 0.644. The van der Waals surface area contributed by atoms with Crippen molar-refractivity contribution in [2.24, 2.45) is 0 Å². The molecule has 2 aliphatic heterocycles. The van der Waals surface area contributed by atoms with E-state index in [0.717, 1.165) is 12.1 Å². The Balaban J connectivity index is 1.18. The van der Waals surface area contributed by atoms with Crippen molar-refractivity contribution in [2.75, 3.05) is 13.1 Å². The molecule has 0 bridgehead atoms. The summed E-state index contributed by atoms with van der Waals surface area (Å²) in [6.45, 7) is 5.18. The summed E-state index contributed by atoms with van der Waals surface area (Å²) >= 11 is 0. The Kier molecular flexibility index (Phi) is 7.00. The van der Waals surface area contributed by atoms with Gasteiger partial charge in [-0.3, -0.25) is 24.2 Å². The van der Waals surface area contributed by atoms with Crippen LogP contribution < -0.4 is 5.32 Å². The molecule has 4 rings (SSSR count). The second-order valence-corrected chi connectivity index (χ2v) is 8.82. The van der Waals surface area contributed by atoms with Crippen LogP contribution in [-0.2, 0) is 17.9 Å². The van der Waals surface area contributed by atoms with Crippen molar-refractivity contribution in [3.63, 3.8) is 0 Å². The molecule has 2 heterocycles. The van der Waals surface area contributed by atoms with Gasteiger partial charge in [0, 0.05) is 32.1 Å². The maximum Gasteiger partial charge on any atom is 0.261 e. The average molecular weight is 434 g/mol. The summed E-state index contributed by atoms with van der Waals surface area (Å²) in [5, 5.41) is 2.93. The largest absolute Gasteiger partial charge is 0.352 e. The summed E-state index contributed by atoms with van der Waals surface area (Å²) < 4.78 is 0. The lowest BCUT2D eigenvalue weighted by Gasteiger charge is -2.33. The minimum Gasteiger partial charge on any atom is -0.352 e. The number of hydrogen-bond donors (Lipinski definition) is 1. The molecule has 2 aromatic carbocycles. The Morgan fingerprint density at radius 3 is 2.28 bits per heavy atom. The molecule has 1 fully saturated rings. The lowest BCUT2D eigenvalue weighted by molar-refractivity contribution is -0.121. The fourth-order valence-electron chi connectivity index (χ4n) is 4.52. The van der Waals surface area contributed by atoms with Gasteiger partial charge in [0.1, 0.15) is 0 Å². The topological polar surface area (TPSA) is 69.7 Å². The van der Waals surface area contributed by atoms with Gasteiger partial charge in [-0.25, -0.2) is 0 Å². The summed E-state index contributed by atoms with van der Waals surface area (Å²) in [5.74, 6) is -0.622. The molecular weight excluding hydrogens is 402 g/mol. The predicted molar refractivity (Wildman–Crippen MR) is 123 cm³/mol. The normalized spacial score (nSPS) is 18.7. The third kappa shape index (κ3) is 5.07. The summed E-state index contributed by atoms with van der Waals surface area (Å²) in [6, 6.07) is 15.9. The molecule has 2 aromatic rings. The minimum absolute atomic E-state index is 0.0761. The van der Waals surface area contributed by atoms with Crippen LogP contribution in [0.15, 0.2) is 48.5 Å². The van der Waals surface area contributed by atoms with Crippen LogP contribution in [0.5, 0.6) is 0 Å². The number of fused-ring (bicyclic) bond motifs is 1. The van der Waals surface area contributed by atoms with Gasteiger partial charge in [-0.1, -0.05) is 42.8 Å². The molecule has 6 nitrogen and oxygen atoms in total. The molecule has 2 aliphatic rings. The zero-order chi connectivity index (χ0) is 22.5. The van der Waals surface area contributed by atoms with Crippen LogP contribution in [0.1, 0.15) is 70.9 Å². The second-order valence-electron chi connectivity index (χ2n) is 8.82. The fourth-order valence-corrected chi connectivity index (χ4v) is 4.52. The first-order chi connectivity index (χ1) is 15.5. The summed E-state index contributed by atoms with van der Waals surface area (Å²) in [6.07, 6.45) is 4.61. The van der Waals surface area contributed by atoms with Gasteiger partial charge >= 0.3 is 0 Å². The Bertz CT molecular complexity index is 951. The molecule has 0 spiro atoms. The predicted octanol–water partition coefficient (Wildman–Crippen LogP) is 3.75. The van der Waals surface area contributed by atoms with E-state index in [4.69, 9.17) is 0 Å². The van der Waals surface area contributed by atoms with Crippen LogP contribution in [0, 0.1) is 0 Å². The fraction of sp³-hybridized carbons (Fsp3) is 0.423. The van der Waals surface area contributed by atoms with E-state index in [2.05, 4.69) is 41.4 Å². The first-order valence-electron chi connectivity index (χ1n) is 11.6. The Morgan fingerprint density at radius 2 is 1.62 bits per heavy atom. The molecule has 168 valence electrons. The highest BCUT2D eigenvalue weighted by atomic mass is 16.2. The lowest BCUT2D eigenvalue weighted by Crippen LogP contribution is -2.36. The van der Waals surface area contributed by atoms with Crippen LogP contribution in [0.4, 0.5) is 0 Å². The van der Waals surface area contributed by atoms with E-state index < -0.39 is 0 Å². The number of benzene rings is 2. The number of piperidine rings is 1. The summed E-state index contributed by atoms with van der Waals surface area (Å²) in [4.78, 5) is 40.7. The smallest absolute Gasteiger partial charge is 0.261 e. The molecule has 1 unspecified atom stereocenters. The standard InChI is InChI=1S/C26H31N3O3/c1-19-7-4-5-15-28(19)18-21-13-11-20(12-14-21)17-27-24(30)10-6-16-29-25(31)22-8-2-3-9-23(22)26(29)32/h2-3,8-9,11-14,19H,4-7,10,15-18H2,1H3,(H,27,30). The highest BCUT2D eigenvalue weighted by Gasteiger charge is 2.34. The Labute approximate surface area is 189 Å². The number of nitrogens with one attached hydrogen (secondary N) is 1. The van der Waals surface area contributed by atoms with E-state index in [-0.39, 0.29) is 30.7 Å². The van der Waals surface area contributed by atoms with Crippen LogP contribution in [-0.4, -0.2) is 46.7 Å². The third-order valence-corrected chi connectivity index (χ3v) is 6.50. The molecule has 1 atom stereocenters. The van der Waals surface area contributed by atoms with Crippen molar-refractivity contribution in [1.82, 2.24) is 15.1 Å². The van der Waals surface area contributed by atoms with E-state index in [1.807, 2.05) is 0 Å². The number of carbonyl (C=O) groups excluding carboxylic acids is 3. The second kappa shape index (κ2) is 10.1. The van der Waals surface area contributed by atoms with Gasteiger partial charge in [-0.15, -0.1) is 0 Å². The Morgan fingerprint density at radius 1 is 0.969 bits per heavy atom. The highest BCUT2D eigenvalue weighted by Crippen LogP contribution is 2.23. The van der Waals surface area contributed by atoms with Gasteiger partial charge in [0.2, 0.25) is 5.91 Å². The number of imide groups is 1. The summed E-state index contributed by atoms with van der Waals surface area (Å²) in [7, 11) is 0. The van der Waals surface area contributed by atoms with E-state index in [1.54, 1.807) is 24.3 Å². The molecule has 32 heavy (non-hydrogen) atoms. The van der Waals surface area contributed by atoms with Gasteiger partial charge in [0.25, 0.3) is 11.8 Å². The van der Waals surface area contributed by atoms with Gasteiger partial charge in [0.05, 0.1) is 11.1 Å². The van der Waals surface area contributed by atoms with Crippen LogP contribution >= 0.6 is 0 Å². The molecule has 1 saturated heterocycles. The lowest BCUT2D eigenvalue weighted by atomic mass is 10.0. The number of amides is 3. The van der Waals surface area contributed by atoms with Gasteiger partial charge < -0.3 is 5.32 Å². The first kappa shape index (κ1) is 22.2. The number of carbonyl (C=O) groups is 3. The van der Waals surface area contributed by atoms with Crippen molar-refractivity contribution in [3.05, 3.63) is 70.8 Å². The van der Waals surface area contributed by atoms with E-state index in [9.17, 15) is 14.4 Å². The maximum absolute atomic E-state index is 12.4.